The number of nitrogens with zero attached hydrogens (tertiary/aromatic N) is 1. The largest absolute Gasteiger partial charge is 0.382 e. The standard InChI is InChI=1S/C14H20N2O3/c1-9-7-14(16(17)18)10(2)6-13(9)15-11(3)12-4-5-19-8-12/h6-7,11-12,15H,4-5,8H2,1-3H3. The van der Waals surface area contributed by atoms with Crippen molar-refractivity contribution in [2.24, 2.45) is 5.92 Å². The average Bonchev–Trinajstić information content (AvgIpc) is 2.86. The summed E-state index contributed by atoms with van der Waals surface area (Å²) in [7, 11) is 0. The lowest BCUT2D eigenvalue weighted by Crippen LogP contribution is -2.26. The van der Waals surface area contributed by atoms with Gasteiger partial charge in [-0.25, -0.2) is 0 Å². The number of rotatable bonds is 4. The fourth-order valence-corrected chi connectivity index (χ4v) is 2.46. The van der Waals surface area contributed by atoms with Gasteiger partial charge >= 0.3 is 0 Å². The second-order valence-electron chi connectivity index (χ2n) is 5.27. The van der Waals surface area contributed by atoms with E-state index < -0.39 is 0 Å². The second kappa shape index (κ2) is 5.57. The van der Waals surface area contributed by atoms with Gasteiger partial charge in [0.05, 0.1) is 11.5 Å². The van der Waals surface area contributed by atoms with E-state index in [0.29, 0.717) is 17.5 Å². The van der Waals surface area contributed by atoms with Crippen molar-refractivity contribution in [2.45, 2.75) is 33.2 Å². The van der Waals surface area contributed by atoms with E-state index in [1.807, 2.05) is 13.0 Å². The predicted octanol–water partition coefficient (Wildman–Crippen LogP) is 3.05. The Kier molecular flexibility index (Phi) is 4.04. The third-order valence-electron chi connectivity index (χ3n) is 3.79. The van der Waals surface area contributed by atoms with Crippen LogP contribution in [0, 0.1) is 29.9 Å². The van der Waals surface area contributed by atoms with Crippen LogP contribution in [0.1, 0.15) is 24.5 Å². The number of hydrogen-bond donors (Lipinski definition) is 1. The number of hydrogen-bond acceptors (Lipinski definition) is 4. The lowest BCUT2D eigenvalue weighted by molar-refractivity contribution is -0.385. The van der Waals surface area contributed by atoms with E-state index >= 15 is 0 Å². The number of benzene rings is 1. The normalized spacial score (nSPS) is 20.3. The van der Waals surface area contributed by atoms with E-state index in [1.54, 1.807) is 13.0 Å². The minimum absolute atomic E-state index is 0.180. The van der Waals surface area contributed by atoms with Crippen molar-refractivity contribution in [1.82, 2.24) is 0 Å². The first-order valence-electron chi connectivity index (χ1n) is 6.59. The van der Waals surface area contributed by atoms with E-state index in [1.165, 1.54) is 0 Å². The van der Waals surface area contributed by atoms with E-state index in [0.717, 1.165) is 30.9 Å². The molecule has 5 nitrogen and oxygen atoms in total. The molecule has 19 heavy (non-hydrogen) atoms. The fraction of sp³-hybridized carbons (Fsp3) is 0.571. The van der Waals surface area contributed by atoms with Crippen LogP contribution in [-0.2, 0) is 4.74 Å². The van der Waals surface area contributed by atoms with Gasteiger partial charge in [-0.3, -0.25) is 10.1 Å². The van der Waals surface area contributed by atoms with Crippen LogP contribution in [-0.4, -0.2) is 24.2 Å². The fourth-order valence-electron chi connectivity index (χ4n) is 2.46. The van der Waals surface area contributed by atoms with Gasteiger partial charge < -0.3 is 10.1 Å². The molecule has 2 unspecified atom stereocenters. The molecule has 1 aliphatic rings. The summed E-state index contributed by atoms with van der Waals surface area (Å²) in [4.78, 5) is 10.6. The van der Waals surface area contributed by atoms with Crippen LogP contribution in [0.3, 0.4) is 0 Å². The molecule has 1 fully saturated rings. The predicted molar refractivity (Wildman–Crippen MR) is 74.6 cm³/mol. The van der Waals surface area contributed by atoms with E-state index in [2.05, 4.69) is 12.2 Å². The summed E-state index contributed by atoms with van der Waals surface area (Å²) in [5.74, 6) is 0.509. The Morgan fingerprint density at radius 3 is 2.74 bits per heavy atom. The lowest BCUT2D eigenvalue weighted by atomic mass is 9.99. The Morgan fingerprint density at radius 1 is 1.42 bits per heavy atom. The zero-order valence-corrected chi connectivity index (χ0v) is 11.6. The van der Waals surface area contributed by atoms with E-state index in [-0.39, 0.29) is 10.6 Å². The maximum Gasteiger partial charge on any atom is 0.272 e. The molecule has 0 aromatic heterocycles. The van der Waals surface area contributed by atoms with Crippen molar-refractivity contribution in [3.63, 3.8) is 0 Å². The first kappa shape index (κ1) is 13.8. The number of nitro groups is 1. The quantitative estimate of drug-likeness (QED) is 0.670. The number of anilines is 1. The molecule has 0 saturated carbocycles. The summed E-state index contributed by atoms with van der Waals surface area (Å²) in [6.45, 7) is 7.42. The molecule has 1 saturated heterocycles. The van der Waals surface area contributed by atoms with Gasteiger partial charge in [0.2, 0.25) is 0 Å². The zero-order valence-electron chi connectivity index (χ0n) is 11.6. The third-order valence-corrected chi connectivity index (χ3v) is 3.79. The van der Waals surface area contributed by atoms with Gasteiger partial charge in [-0.05, 0) is 38.8 Å². The van der Waals surface area contributed by atoms with Crippen LogP contribution < -0.4 is 5.32 Å². The Hall–Kier alpha value is -1.62. The molecule has 1 aromatic carbocycles. The molecule has 5 heteroatoms. The van der Waals surface area contributed by atoms with Crippen LogP contribution in [0.5, 0.6) is 0 Å². The maximum atomic E-state index is 10.9. The minimum atomic E-state index is -0.333. The van der Waals surface area contributed by atoms with Crippen molar-refractivity contribution in [3.05, 3.63) is 33.4 Å². The Morgan fingerprint density at radius 2 is 2.16 bits per heavy atom. The van der Waals surface area contributed by atoms with Gasteiger partial charge in [-0.15, -0.1) is 0 Å². The lowest BCUT2D eigenvalue weighted by Gasteiger charge is -2.22. The molecule has 104 valence electrons. The zero-order chi connectivity index (χ0) is 14.0. The first-order valence-corrected chi connectivity index (χ1v) is 6.59. The summed E-state index contributed by atoms with van der Waals surface area (Å²) in [6.07, 6.45) is 1.07. The molecule has 0 radical (unpaired) electrons. The molecule has 0 aliphatic carbocycles. The van der Waals surface area contributed by atoms with Crippen LogP contribution in [0.25, 0.3) is 0 Å². The van der Waals surface area contributed by atoms with Crippen molar-refractivity contribution < 1.29 is 9.66 Å². The highest BCUT2D eigenvalue weighted by molar-refractivity contribution is 5.59. The Balaban J connectivity index is 2.16. The van der Waals surface area contributed by atoms with Crippen molar-refractivity contribution in [2.75, 3.05) is 18.5 Å². The highest BCUT2D eigenvalue weighted by atomic mass is 16.6. The highest BCUT2D eigenvalue weighted by Gasteiger charge is 2.23. The molecule has 2 atom stereocenters. The van der Waals surface area contributed by atoms with Gasteiger partial charge in [0.15, 0.2) is 0 Å². The topological polar surface area (TPSA) is 64.4 Å². The van der Waals surface area contributed by atoms with Crippen LogP contribution in [0.2, 0.25) is 0 Å². The molecule has 0 spiro atoms. The first-order chi connectivity index (χ1) is 8.99. The van der Waals surface area contributed by atoms with Gasteiger partial charge in [0.1, 0.15) is 0 Å². The molecular weight excluding hydrogens is 244 g/mol. The summed E-state index contributed by atoms with van der Waals surface area (Å²) in [5.41, 5.74) is 2.75. The summed E-state index contributed by atoms with van der Waals surface area (Å²) in [5, 5.41) is 14.3. The third kappa shape index (κ3) is 3.04. The molecule has 0 bridgehead atoms. The van der Waals surface area contributed by atoms with Crippen molar-refractivity contribution in [1.29, 1.82) is 0 Å². The number of aryl methyl sites for hydroxylation is 2. The summed E-state index contributed by atoms with van der Waals surface area (Å²) < 4.78 is 5.39. The summed E-state index contributed by atoms with van der Waals surface area (Å²) >= 11 is 0. The molecule has 0 amide bonds. The molecule has 1 aliphatic heterocycles. The van der Waals surface area contributed by atoms with Gasteiger partial charge in [0.25, 0.3) is 5.69 Å². The van der Waals surface area contributed by atoms with Gasteiger partial charge in [-0.2, -0.15) is 0 Å². The molecule has 1 aromatic rings. The molecule has 1 N–H and O–H groups in total. The monoisotopic (exact) mass is 264 g/mol. The van der Waals surface area contributed by atoms with Crippen molar-refractivity contribution in [3.8, 4) is 0 Å². The van der Waals surface area contributed by atoms with Crippen LogP contribution >= 0.6 is 0 Å². The highest BCUT2D eigenvalue weighted by Crippen LogP contribution is 2.28. The van der Waals surface area contributed by atoms with E-state index in [4.69, 9.17) is 4.74 Å². The van der Waals surface area contributed by atoms with Crippen molar-refractivity contribution >= 4 is 11.4 Å². The van der Waals surface area contributed by atoms with E-state index in [9.17, 15) is 10.1 Å². The minimum Gasteiger partial charge on any atom is -0.382 e. The molecule has 1 heterocycles. The summed E-state index contributed by atoms with van der Waals surface area (Å²) in [6, 6.07) is 3.80. The number of nitro benzene ring substituents is 1. The molecular formula is C14H20N2O3. The molecule has 2 rings (SSSR count). The number of ether oxygens (including phenoxy) is 1. The second-order valence-corrected chi connectivity index (χ2v) is 5.27. The van der Waals surface area contributed by atoms with Gasteiger partial charge in [-0.1, -0.05) is 0 Å². The SMILES string of the molecule is Cc1cc([N+](=O)[O-])c(C)cc1NC(C)C1CCOC1. The average molecular weight is 264 g/mol. The Labute approximate surface area is 113 Å². The van der Waals surface area contributed by atoms with Crippen LogP contribution in [0.4, 0.5) is 11.4 Å². The smallest absolute Gasteiger partial charge is 0.272 e. The van der Waals surface area contributed by atoms with Crippen LogP contribution in [0.15, 0.2) is 12.1 Å². The maximum absolute atomic E-state index is 10.9. The van der Waals surface area contributed by atoms with Gasteiger partial charge in [0, 0.05) is 35.9 Å². The number of nitrogens with one attached hydrogen (secondary N) is 1. The Bertz CT molecular complexity index is 482.